The first-order valence-corrected chi connectivity index (χ1v) is 4.41. The predicted octanol–water partition coefficient (Wildman–Crippen LogP) is -2.50. The van der Waals surface area contributed by atoms with Crippen molar-refractivity contribution >= 4 is 11.8 Å². The van der Waals surface area contributed by atoms with Crippen molar-refractivity contribution in [2.75, 3.05) is 13.2 Å². The first kappa shape index (κ1) is 10.2. The minimum atomic E-state index is -1.74. The maximum absolute atomic E-state index is 9.43. The van der Waals surface area contributed by atoms with Crippen LogP contribution in [0.25, 0.3) is 0 Å². The van der Waals surface area contributed by atoms with Crippen molar-refractivity contribution in [2.24, 2.45) is 0 Å². The van der Waals surface area contributed by atoms with Gasteiger partial charge in [-0.1, -0.05) is 0 Å². The highest BCUT2D eigenvalue weighted by atomic mass is 32.2. The van der Waals surface area contributed by atoms with Crippen molar-refractivity contribution in [1.82, 2.24) is 0 Å². The molecule has 5 nitrogen and oxygen atoms in total. The Balaban J connectivity index is 2.72. The van der Waals surface area contributed by atoms with E-state index in [1.54, 1.807) is 0 Å². The molecule has 1 fully saturated rings. The summed E-state index contributed by atoms with van der Waals surface area (Å²) >= 11 is 0.785. The molecule has 12 heavy (non-hydrogen) atoms. The average Bonchev–Trinajstić information content (AvgIpc) is 2.31. The first-order chi connectivity index (χ1) is 5.55. The topological polar surface area (TPSA) is 101 Å². The lowest BCUT2D eigenvalue weighted by atomic mass is 10.1. The lowest BCUT2D eigenvalue weighted by Crippen LogP contribution is -2.44. The largest absolute Gasteiger partial charge is 0.395 e. The van der Waals surface area contributed by atoms with E-state index < -0.39 is 29.0 Å². The van der Waals surface area contributed by atoms with Gasteiger partial charge in [-0.25, -0.2) is 0 Å². The second kappa shape index (κ2) is 3.49. The van der Waals surface area contributed by atoms with Gasteiger partial charge in [0.2, 0.25) is 0 Å². The highest BCUT2D eigenvalue weighted by Crippen LogP contribution is 2.41. The van der Waals surface area contributed by atoms with Crippen molar-refractivity contribution in [1.29, 1.82) is 0 Å². The van der Waals surface area contributed by atoms with Crippen molar-refractivity contribution in [2.45, 2.75) is 22.4 Å². The Morgan fingerprint density at radius 2 is 1.83 bits per heavy atom. The van der Waals surface area contributed by atoms with E-state index in [0.29, 0.717) is 0 Å². The summed E-state index contributed by atoms with van der Waals surface area (Å²) in [4.78, 5) is -1.74. The Morgan fingerprint density at radius 3 is 2.08 bits per heavy atom. The Bertz CT molecular complexity index is 166. The number of hydrogen-bond acceptors (Lipinski definition) is 6. The van der Waals surface area contributed by atoms with E-state index in [1.165, 1.54) is 0 Å². The fourth-order valence-corrected chi connectivity index (χ4v) is 2.39. The van der Waals surface area contributed by atoms with Gasteiger partial charge in [0.1, 0.15) is 6.10 Å². The molecule has 0 amide bonds. The molecule has 0 bridgehead atoms. The number of rotatable bonds is 2. The number of thioether (sulfide) groups is 1. The standard InChI is InChI=1S/C6H12O5S/c7-1-3-4(9)5(10)6(11,2-8)12-3/h3-5,7-11H,1-2H2/t3-,4-,5+,6+/m1/s1. The highest BCUT2D eigenvalue weighted by molar-refractivity contribution is 8.01. The van der Waals surface area contributed by atoms with Gasteiger partial charge < -0.3 is 25.5 Å². The zero-order valence-electron chi connectivity index (χ0n) is 6.29. The Labute approximate surface area is 73.7 Å². The van der Waals surface area contributed by atoms with Gasteiger partial charge in [0.25, 0.3) is 0 Å². The predicted molar refractivity (Wildman–Crippen MR) is 42.5 cm³/mol. The molecule has 0 aliphatic carbocycles. The van der Waals surface area contributed by atoms with E-state index in [2.05, 4.69) is 0 Å². The van der Waals surface area contributed by atoms with Gasteiger partial charge in [0.05, 0.1) is 24.6 Å². The van der Waals surface area contributed by atoms with E-state index >= 15 is 0 Å². The van der Waals surface area contributed by atoms with Crippen LogP contribution in [0.4, 0.5) is 0 Å². The molecule has 1 aliphatic heterocycles. The fraction of sp³-hybridized carbons (Fsp3) is 1.00. The highest BCUT2D eigenvalue weighted by Gasteiger charge is 2.52. The van der Waals surface area contributed by atoms with Crippen LogP contribution in [0.2, 0.25) is 0 Å². The molecule has 1 rings (SSSR count). The van der Waals surface area contributed by atoms with Gasteiger partial charge in [0, 0.05) is 0 Å². The van der Waals surface area contributed by atoms with Gasteiger partial charge in [-0.05, 0) is 0 Å². The van der Waals surface area contributed by atoms with Crippen LogP contribution in [-0.4, -0.2) is 61.1 Å². The van der Waals surface area contributed by atoms with Crippen molar-refractivity contribution in [3.05, 3.63) is 0 Å². The molecule has 0 aromatic heterocycles. The molecule has 1 aliphatic rings. The third kappa shape index (κ3) is 1.46. The smallest absolute Gasteiger partial charge is 0.162 e. The normalized spacial score (nSPS) is 48.2. The molecule has 6 heteroatoms. The lowest BCUT2D eigenvalue weighted by molar-refractivity contribution is -0.0832. The van der Waals surface area contributed by atoms with Gasteiger partial charge in [-0.3, -0.25) is 0 Å². The van der Waals surface area contributed by atoms with Gasteiger partial charge in [0.15, 0.2) is 4.93 Å². The fourth-order valence-electron chi connectivity index (χ4n) is 1.15. The molecule has 0 radical (unpaired) electrons. The average molecular weight is 196 g/mol. The number of aliphatic hydroxyl groups excluding tert-OH is 4. The Kier molecular flexibility index (Phi) is 2.97. The van der Waals surface area contributed by atoms with Gasteiger partial charge in [-0.2, -0.15) is 0 Å². The molecule has 0 saturated carbocycles. The van der Waals surface area contributed by atoms with Crippen LogP contribution in [-0.2, 0) is 0 Å². The van der Waals surface area contributed by atoms with Crippen LogP contribution in [0.15, 0.2) is 0 Å². The summed E-state index contributed by atoms with van der Waals surface area (Å²) < 4.78 is 0. The molecule has 0 spiro atoms. The third-order valence-corrected chi connectivity index (χ3v) is 3.44. The van der Waals surface area contributed by atoms with Crippen molar-refractivity contribution in [3.63, 3.8) is 0 Å². The van der Waals surface area contributed by atoms with Crippen LogP contribution < -0.4 is 0 Å². The molecule has 4 atom stereocenters. The maximum atomic E-state index is 9.43. The monoisotopic (exact) mass is 196 g/mol. The van der Waals surface area contributed by atoms with Crippen LogP contribution in [0.3, 0.4) is 0 Å². The summed E-state index contributed by atoms with van der Waals surface area (Å²) in [5.41, 5.74) is 0. The van der Waals surface area contributed by atoms with Crippen LogP contribution in [0.5, 0.6) is 0 Å². The van der Waals surface area contributed by atoms with Crippen molar-refractivity contribution < 1.29 is 25.5 Å². The molecule has 0 aromatic carbocycles. The summed E-state index contributed by atoms with van der Waals surface area (Å²) in [7, 11) is 0. The minimum absolute atomic E-state index is 0.342. The molecule has 0 aromatic rings. The summed E-state index contributed by atoms with van der Waals surface area (Å²) in [6.07, 6.45) is -2.61. The summed E-state index contributed by atoms with van der Waals surface area (Å²) in [6, 6.07) is 0. The summed E-state index contributed by atoms with van der Waals surface area (Å²) in [5.74, 6) is 0. The van der Waals surface area contributed by atoms with E-state index in [4.69, 9.17) is 10.2 Å². The summed E-state index contributed by atoms with van der Waals surface area (Å²) in [6.45, 7) is -0.988. The molecule has 0 unspecified atom stereocenters. The molecule has 72 valence electrons. The molecule has 1 heterocycles. The van der Waals surface area contributed by atoms with Crippen LogP contribution in [0, 0.1) is 0 Å². The second-order valence-corrected chi connectivity index (χ2v) is 4.33. The van der Waals surface area contributed by atoms with Gasteiger partial charge >= 0.3 is 0 Å². The van der Waals surface area contributed by atoms with Gasteiger partial charge in [-0.15, -0.1) is 11.8 Å². The molecule has 5 N–H and O–H groups in total. The third-order valence-electron chi connectivity index (χ3n) is 1.93. The van der Waals surface area contributed by atoms with E-state index in [9.17, 15) is 15.3 Å². The molecular weight excluding hydrogens is 184 g/mol. The number of aliphatic hydroxyl groups is 5. The van der Waals surface area contributed by atoms with Crippen LogP contribution in [0.1, 0.15) is 0 Å². The molecular formula is C6H12O5S. The number of hydrogen-bond donors (Lipinski definition) is 5. The Hall–Kier alpha value is 0.150. The van der Waals surface area contributed by atoms with Crippen molar-refractivity contribution in [3.8, 4) is 0 Å². The minimum Gasteiger partial charge on any atom is -0.395 e. The Morgan fingerprint density at radius 1 is 1.25 bits per heavy atom. The zero-order valence-corrected chi connectivity index (χ0v) is 7.11. The maximum Gasteiger partial charge on any atom is 0.162 e. The van der Waals surface area contributed by atoms with E-state index in [0.717, 1.165) is 11.8 Å². The van der Waals surface area contributed by atoms with E-state index in [-0.39, 0.29) is 6.61 Å². The van der Waals surface area contributed by atoms with E-state index in [1.807, 2.05) is 0 Å². The lowest BCUT2D eigenvalue weighted by Gasteiger charge is -2.22. The quantitative estimate of drug-likeness (QED) is 0.334. The summed E-state index contributed by atoms with van der Waals surface area (Å²) in [5, 5.41) is 44.6. The van der Waals surface area contributed by atoms with Crippen LogP contribution >= 0.6 is 11.8 Å². The molecule has 1 saturated heterocycles. The zero-order chi connectivity index (χ0) is 9.35. The SMILES string of the molecule is OC[C@H]1S[C@@](O)(CO)[C@@H](O)[C@@H]1O. The second-order valence-electron chi connectivity index (χ2n) is 2.78. The first-order valence-electron chi connectivity index (χ1n) is 3.53.